The van der Waals surface area contributed by atoms with Gasteiger partial charge >= 0.3 is 6.18 Å². The van der Waals surface area contributed by atoms with E-state index in [4.69, 9.17) is 11.6 Å². The summed E-state index contributed by atoms with van der Waals surface area (Å²) in [5, 5.41) is -1.72. The standard InChI is InChI=1S/C10H13BrClF3O4S/c1-9(2,7(16)5-11)8(19-20(3,17)18)4-6(12)10(13,14)15/h4,8H,5H2,1-3H3/b6-4-. The molecule has 0 radical (unpaired) electrons. The molecule has 1 atom stereocenters. The Morgan fingerprint density at radius 1 is 1.40 bits per heavy atom. The zero-order valence-electron chi connectivity index (χ0n) is 10.8. The summed E-state index contributed by atoms with van der Waals surface area (Å²) in [6.07, 6.45) is -5.47. The summed E-state index contributed by atoms with van der Waals surface area (Å²) in [7, 11) is -4.08. The van der Waals surface area contributed by atoms with Crippen molar-refractivity contribution >= 4 is 43.4 Å². The fourth-order valence-corrected chi connectivity index (χ4v) is 2.61. The molecule has 20 heavy (non-hydrogen) atoms. The molecule has 0 heterocycles. The molecule has 4 nitrogen and oxygen atoms in total. The molecule has 0 aliphatic rings. The minimum atomic E-state index is -4.85. The van der Waals surface area contributed by atoms with Crippen LogP contribution in [0, 0.1) is 5.41 Å². The first-order valence-corrected chi connectivity index (χ1v) is 8.45. The molecule has 0 aromatic carbocycles. The lowest BCUT2D eigenvalue weighted by molar-refractivity contribution is -0.127. The molecular formula is C10H13BrClF3O4S. The second kappa shape index (κ2) is 6.76. The molecule has 0 aliphatic heterocycles. The third-order valence-corrected chi connectivity index (χ3v) is 3.80. The first kappa shape index (κ1) is 19.9. The lowest BCUT2D eigenvalue weighted by atomic mass is 9.82. The van der Waals surface area contributed by atoms with E-state index in [1.165, 1.54) is 13.8 Å². The SMILES string of the molecule is CC(C)(C(=O)CBr)C(/C=C(\Cl)C(F)(F)F)OS(C)(=O)=O. The van der Waals surface area contributed by atoms with E-state index in [0.717, 1.165) is 0 Å². The Hall–Kier alpha value is -0.120. The predicted molar refractivity (Wildman–Crippen MR) is 72.3 cm³/mol. The van der Waals surface area contributed by atoms with Crippen molar-refractivity contribution < 1.29 is 30.6 Å². The van der Waals surface area contributed by atoms with Crippen LogP contribution in [0.25, 0.3) is 0 Å². The van der Waals surface area contributed by atoms with E-state index in [0.29, 0.717) is 12.3 Å². The van der Waals surface area contributed by atoms with Crippen molar-refractivity contribution in [2.45, 2.75) is 26.1 Å². The molecule has 0 aliphatic carbocycles. The van der Waals surface area contributed by atoms with Gasteiger partial charge in [0.05, 0.1) is 17.0 Å². The molecule has 0 bridgehead atoms. The lowest BCUT2D eigenvalue weighted by Crippen LogP contribution is -2.40. The van der Waals surface area contributed by atoms with Crippen LogP contribution < -0.4 is 0 Å². The van der Waals surface area contributed by atoms with Crippen LogP contribution in [0.3, 0.4) is 0 Å². The molecule has 10 heteroatoms. The van der Waals surface area contributed by atoms with Crippen LogP contribution in [0.5, 0.6) is 0 Å². The van der Waals surface area contributed by atoms with E-state index in [1.807, 2.05) is 0 Å². The normalized spacial score (nSPS) is 16.1. The smallest absolute Gasteiger partial charge is 0.298 e. The van der Waals surface area contributed by atoms with E-state index in [1.54, 1.807) is 0 Å². The molecule has 0 fully saturated rings. The number of allylic oxidation sites excluding steroid dienone is 1. The van der Waals surface area contributed by atoms with Gasteiger partial charge in [-0.05, 0) is 19.9 Å². The highest BCUT2D eigenvalue weighted by atomic mass is 79.9. The van der Waals surface area contributed by atoms with Crippen molar-refractivity contribution in [3.8, 4) is 0 Å². The van der Waals surface area contributed by atoms with Crippen LogP contribution in [0.2, 0.25) is 0 Å². The van der Waals surface area contributed by atoms with Gasteiger partial charge in [0.1, 0.15) is 11.1 Å². The summed E-state index contributed by atoms with van der Waals surface area (Å²) in [5.74, 6) is -0.533. The Kier molecular flexibility index (Phi) is 6.72. The van der Waals surface area contributed by atoms with Gasteiger partial charge < -0.3 is 0 Å². The van der Waals surface area contributed by atoms with Gasteiger partial charge in [-0.15, -0.1) is 0 Å². The van der Waals surface area contributed by atoms with E-state index in [2.05, 4.69) is 20.1 Å². The molecular weight excluding hydrogens is 389 g/mol. The maximum absolute atomic E-state index is 12.4. The van der Waals surface area contributed by atoms with E-state index < -0.39 is 38.6 Å². The zero-order valence-corrected chi connectivity index (χ0v) is 14.0. The monoisotopic (exact) mass is 400 g/mol. The highest BCUT2D eigenvalue weighted by Gasteiger charge is 2.41. The molecule has 0 N–H and O–H groups in total. The number of ketones is 1. The van der Waals surface area contributed by atoms with Gasteiger partial charge in [0, 0.05) is 0 Å². The maximum Gasteiger partial charge on any atom is 0.426 e. The van der Waals surface area contributed by atoms with Crippen molar-refractivity contribution in [1.82, 2.24) is 0 Å². The average molecular weight is 402 g/mol. The molecule has 0 saturated carbocycles. The molecule has 0 spiro atoms. The molecule has 0 aromatic rings. The second-order valence-electron chi connectivity index (χ2n) is 4.51. The number of halogens is 5. The van der Waals surface area contributed by atoms with Crippen LogP contribution in [-0.4, -0.2) is 38.1 Å². The van der Waals surface area contributed by atoms with Crippen molar-refractivity contribution in [1.29, 1.82) is 0 Å². The van der Waals surface area contributed by atoms with Crippen molar-refractivity contribution in [3.05, 3.63) is 11.1 Å². The topological polar surface area (TPSA) is 60.4 Å². The third kappa shape index (κ3) is 6.11. The molecule has 0 aromatic heterocycles. The number of Topliss-reactive ketones (excluding diaryl/α,β-unsaturated/α-hetero) is 1. The number of carbonyl (C=O) groups excluding carboxylic acids is 1. The summed E-state index contributed by atoms with van der Waals surface area (Å²) < 4.78 is 64.1. The number of hydrogen-bond acceptors (Lipinski definition) is 4. The van der Waals surface area contributed by atoms with Crippen LogP contribution >= 0.6 is 27.5 Å². The largest absolute Gasteiger partial charge is 0.426 e. The Labute approximate surface area is 128 Å². The Morgan fingerprint density at radius 2 is 1.85 bits per heavy atom. The van der Waals surface area contributed by atoms with Gasteiger partial charge in [0.2, 0.25) is 0 Å². The number of carbonyl (C=O) groups is 1. The molecule has 0 saturated heterocycles. The van der Waals surface area contributed by atoms with E-state index >= 15 is 0 Å². The van der Waals surface area contributed by atoms with E-state index in [-0.39, 0.29) is 5.33 Å². The predicted octanol–water partition coefficient (Wildman–Crippen LogP) is 3.01. The number of alkyl halides is 4. The molecule has 0 rings (SSSR count). The lowest BCUT2D eigenvalue weighted by Gasteiger charge is -2.29. The van der Waals surface area contributed by atoms with Gasteiger partial charge in [-0.1, -0.05) is 27.5 Å². The van der Waals surface area contributed by atoms with Gasteiger partial charge in [0.25, 0.3) is 10.1 Å². The first-order valence-electron chi connectivity index (χ1n) is 5.14. The summed E-state index contributed by atoms with van der Waals surface area (Å²) >= 11 is 7.95. The molecule has 1 unspecified atom stereocenters. The quantitative estimate of drug-likeness (QED) is 0.507. The Balaban J connectivity index is 5.70. The highest BCUT2D eigenvalue weighted by Crippen LogP contribution is 2.34. The Morgan fingerprint density at radius 3 is 2.15 bits per heavy atom. The average Bonchev–Trinajstić information content (AvgIpc) is 2.23. The van der Waals surface area contributed by atoms with Gasteiger partial charge in [-0.25, -0.2) is 0 Å². The fraction of sp³-hybridized carbons (Fsp3) is 0.700. The summed E-state index contributed by atoms with van der Waals surface area (Å²) in [6, 6.07) is 0. The van der Waals surface area contributed by atoms with Crippen LogP contribution in [0.1, 0.15) is 13.8 Å². The van der Waals surface area contributed by atoms with Crippen LogP contribution in [-0.2, 0) is 19.1 Å². The Bertz CT molecular complexity index is 499. The van der Waals surface area contributed by atoms with Gasteiger partial charge in [-0.2, -0.15) is 21.6 Å². The number of rotatable bonds is 6. The van der Waals surface area contributed by atoms with E-state index in [9.17, 15) is 26.4 Å². The van der Waals surface area contributed by atoms with Crippen molar-refractivity contribution in [2.24, 2.45) is 5.41 Å². The van der Waals surface area contributed by atoms with Crippen LogP contribution in [0.4, 0.5) is 13.2 Å². The first-order chi connectivity index (χ1) is 8.71. The zero-order chi connectivity index (χ0) is 16.4. The van der Waals surface area contributed by atoms with Crippen LogP contribution in [0.15, 0.2) is 11.1 Å². The minimum absolute atomic E-state index is 0.166. The van der Waals surface area contributed by atoms with Crippen molar-refractivity contribution in [3.63, 3.8) is 0 Å². The summed E-state index contributed by atoms with van der Waals surface area (Å²) in [4.78, 5) is 11.7. The minimum Gasteiger partial charge on any atom is -0.298 e. The van der Waals surface area contributed by atoms with Gasteiger partial charge in [-0.3, -0.25) is 8.98 Å². The van der Waals surface area contributed by atoms with Gasteiger partial charge in [0.15, 0.2) is 5.78 Å². The third-order valence-electron chi connectivity index (χ3n) is 2.40. The summed E-state index contributed by atoms with van der Waals surface area (Å²) in [5.41, 5.74) is -1.52. The second-order valence-corrected chi connectivity index (χ2v) is 7.08. The summed E-state index contributed by atoms with van der Waals surface area (Å²) in [6.45, 7) is 2.53. The molecule has 0 amide bonds. The maximum atomic E-state index is 12.4. The van der Waals surface area contributed by atoms with Crippen molar-refractivity contribution in [2.75, 3.05) is 11.6 Å². The molecule has 118 valence electrons. The fourth-order valence-electron chi connectivity index (χ4n) is 1.10. The number of hydrogen-bond donors (Lipinski definition) is 0. The highest BCUT2D eigenvalue weighted by molar-refractivity contribution is 9.09.